The third-order valence-corrected chi connectivity index (χ3v) is 7.49. The second-order valence-electron chi connectivity index (χ2n) is 10.7. The molecule has 2 aromatic carbocycles. The number of pyridine rings is 2. The van der Waals surface area contributed by atoms with Crippen LogP contribution < -0.4 is 15.6 Å². The van der Waals surface area contributed by atoms with Gasteiger partial charge in [0.15, 0.2) is 0 Å². The predicted molar refractivity (Wildman–Crippen MR) is 152 cm³/mol. The molecule has 0 unspecified atom stereocenters. The van der Waals surface area contributed by atoms with Crippen LogP contribution in [0.3, 0.4) is 0 Å². The molecule has 0 aliphatic carbocycles. The van der Waals surface area contributed by atoms with Crippen LogP contribution in [0.4, 0.5) is 18.9 Å². The molecule has 4 aromatic rings. The summed E-state index contributed by atoms with van der Waals surface area (Å²) < 4.78 is 48.6. The summed E-state index contributed by atoms with van der Waals surface area (Å²) in [4.78, 5) is 33.0. The standard InChI is InChI=1S/C31H31F3N4O3/c1-18-5-6-23(16-26(18)27-14-21-17-35-19(2)11-28(21)38(4)30(27)40)36-29(39)20-12-22(31(32,33)34)15-25(13-20)41-24-7-9-37(3)10-8-24/h5-6,11-17,24H,7-10H2,1-4H3,(H,36,39). The fourth-order valence-electron chi connectivity index (χ4n) is 5.11. The molecule has 1 aliphatic heterocycles. The predicted octanol–water partition coefficient (Wildman–Crippen LogP) is 5.96. The molecule has 0 radical (unpaired) electrons. The number of anilines is 1. The maximum atomic E-state index is 13.7. The molecule has 0 saturated carbocycles. The topological polar surface area (TPSA) is 76.5 Å². The molecule has 7 nitrogen and oxygen atoms in total. The van der Waals surface area contributed by atoms with Crippen LogP contribution in [0.2, 0.25) is 0 Å². The summed E-state index contributed by atoms with van der Waals surface area (Å²) >= 11 is 0. The first-order chi connectivity index (χ1) is 19.4. The van der Waals surface area contributed by atoms with Gasteiger partial charge in [0.25, 0.3) is 11.5 Å². The van der Waals surface area contributed by atoms with Crippen molar-refractivity contribution in [2.75, 3.05) is 25.5 Å². The van der Waals surface area contributed by atoms with E-state index >= 15 is 0 Å². The van der Waals surface area contributed by atoms with Gasteiger partial charge >= 0.3 is 6.18 Å². The number of nitrogens with zero attached hydrogens (tertiary/aromatic N) is 3. The van der Waals surface area contributed by atoms with E-state index < -0.39 is 17.6 Å². The Labute approximate surface area is 235 Å². The highest BCUT2D eigenvalue weighted by Crippen LogP contribution is 2.34. The Hall–Kier alpha value is -4.18. The lowest BCUT2D eigenvalue weighted by molar-refractivity contribution is -0.137. The summed E-state index contributed by atoms with van der Waals surface area (Å²) in [6.45, 7) is 5.26. The molecule has 1 N–H and O–H groups in total. The molecule has 0 spiro atoms. The molecule has 0 bridgehead atoms. The van der Waals surface area contributed by atoms with E-state index in [9.17, 15) is 22.8 Å². The number of alkyl halides is 3. The van der Waals surface area contributed by atoms with Crippen molar-refractivity contribution < 1.29 is 22.7 Å². The smallest absolute Gasteiger partial charge is 0.416 e. The molecule has 214 valence electrons. The van der Waals surface area contributed by atoms with Crippen LogP contribution in [0.15, 0.2) is 59.5 Å². The Morgan fingerprint density at radius 2 is 1.73 bits per heavy atom. The minimum Gasteiger partial charge on any atom is -0.490 e. The zero-order chi connectivity index (χ0) is 29.5. The number of halogens is 3. The van der Waals surface area contributed by atoms with E-state index in [1.807, 2.05) is 27.0 Å². The van der Waals surface area contributed by atoms with Gasteiger partial charge < -0.3 is 19.5 Å². The lowest BCUT2D eigenvalue weighted by Crippen LogP contribution is -2.35. The first kappa shape index (κ1) is 28.4. The van der Waals surface area contributed by atoms with Crippen molar-refractivity contribution in [1.29, 1.82) is 0 Å². The Morgan fingerprint density at radius 3 is 2.44 bits per heavy atom. The number of rotatable bonds is 5. The van der Waals surface area contributed by atoms with E-state index in [0.717, 1.165) is 47.4 Å². The van der Waals surface area contributed by atoms with Crippen LogP contribution in [-0.2, 0) is 13.2 Å². The number of carbonyl (C=O) groups excluding carboxylic acids is 1. The zero-order valence-electron chi connectivity index (χ0n) is 23.3. The van der Waals surface area contributed by atoms with E-state index in [-0.39, 0.29) is 23.0 Å². The number of benzene rings is 2. The van der Waals surface area contributed by atoms with E-state index in [1.54, 1.807) is 42.1 Å². The number of piperidine rings is 1. The Balaban J connectivity index is 1.46. The maximum absolute atomic E-state index is 13.7. The summed E-state index contributed by atoms with van der Waals surface area (Å²) in [7, 11) is 3.67. The molecule has 0 atom stereocenters. The second kappa shape index (κ2) is 11.0. The molecular weight excluding hydrogens is 533 g/mol. The lowest BCUT2D eigenvalue weighted by Gasteiger charge is -2.29. The van der Waals surface area contributed by atoms with Crippen molar-refractivity contribution in [3.8, 4) is 16.9 Å². The minimum atomic E-state index is -4.65. The highest BCUT2D eigenvalue weighted by Gasteiger charge is 2.32. The first-order valence-electron chi connectivity index (χ1n) is 13.4. The number of aryl methyl sites for hydroxylation is 3. The van der Waals surface area contributed by atoms with E-state index in [1.165, 1.54) is 6.07 Å². The Kier molecular flexibility index (Phi) is 7.61. The molecule has 41 heavy (non-hydrogen) atoms. The van der Waals surface area contributed by atoms with Crippen LogP contribution in [0.5, 0.6) is 5.75 Å². The van der Waals surface area contributed by atoms with Gasteiger partial charge in [0, 0.05) is 54.2 Å². The molecular formula is C31H31F3N4O3. The number of nitrogens with one attached hydrogen (secondary N) is 1. The van der Waals surface area contributed by atoms with Crippen molar-refractivity contribution >= 4 is 22.5 Å². The van der Waals surface area contributed by atoms with Gasteiger partial charge in [0.05, 0.1) is 11.1 Å². The number of hydrogen-bond donors (Lipinski definition) is 1. The van der Waals surface area contributed by atoms with Crippen molar-refractivity contribution in [3.63, 3.8) is 0 Å². The quantitative estimate of drug-likeness (QED) is 0.324. The van der Waals surface area contributed by atoms with Crippen LogP contribution in [0, 0.1) is 13.8 Å². The number of aromatic nitrogens is 2. The number of ether oxygens (including phenoxy) is 1. The van der Waals surface area contributed by atoms with Crippen LogP contribution >= 0.6 is 0 Å². The molecule has 5 rings (SSSR count). The summed E-state index contributed by atoms with van der Waals surface area (Å²) in [6.07, 6.45) is -1.81. The molecule has 1 fully saturated rings. The highest BCUT2D eigenvalue weighted by molar-refractivity contribution is 6.05. The van der Waals surface area contributed by atoms with Gasteiger partial charge in [-0.2, -0.15) is 13.2 Å². The largest absolute Gasteiger partial charge is 0.490 e. The number of carbonyl (C=O) groups is 1. The fourth-order valence-corrected chi connectivity index (χ4v) is 5.11. The summed E-state index contributed by atoms with van der Waals surface area (Å²) in [5.41, 5.74) is 2.35. The SMILES string of the molecule is Cc1cc2c(cn1)cc(-c1cc(NC(=O)c3cc(OC4CCN(C)CC4)cc(C(F)(F)F)c3)ccc1C)c(=O)n2C. The molecule has 10 heteroatoms. The highest BCUT2D eigenvalue weighted by atomic mass is 19.4. The third-order valence-electron chi connectivity index (χ3n) is 7.49. The molecule has 3 heterocycles. The van der Waals surface area contributed by atoms with Crippen LogP contribution in [0.1, 0.15) is 40.0 Å². The van der Waals surface area contributed by atoms with Gasteiger partial charge in [-0.05, 0) is 87.3 Å². The molecule has 1 aliphatic rings. The van der Waals surface area contributed by atoms with Crippen molar-refractivity contribution in [2.24, 2.45) is 7.05 Å². The lowest BCUT2D eigenvalue weighted by atomic mass is 9.99. The van der Waals surface area contributed by atoms with E-state index in [2.05, 4.69) is 15.2 Å². The van der Waals surface area contributed by atoms with Crippen LogP contribution in [0.25, 0.3) is 22.0 Å². The van der Waals surface area contributed by atoms with Crippen LogP contribution in [-0.4, -0.2) is 46.6 Å². The first-order valence-corrected chi connectivity index (χ1v) is 13.4. The zero-order valence-corrected chi connectivity index (χ0v) is 23.3. The number of hydrogen-bond acceptors (Lipinski definition) is 5. The summed E-state index contributed by atoms with van der Waals surface area (Å²) in [5.74, 6) is -0.710. The average molecular weight is 565 g/mol. The van der Waals surface area contributed by atoms with Gasteiger partial charge in [-0.1, -0.05) is 6.07 Å². The number of fused-ring (bicyclic) bond motifs is 1. The molecule has 1 saturated heterocycles. The van der Waals surface area contributed by atoms with E-state index in [4.69, 9.17) is 4.74 Å². The van der Waals surface area contributed by atoms with Gasteiger partial charge in [-0.3, -0.25) is 14.6 Å². The van der Waals surface area contributed by atoms with Gasteiger partial charge in [0.1, 0.15) is 11.9 Å². The number of likely N-dealkylation sites (tertiary alicyclic amines) is 1. The minimum absolute atomic E-state index is 0.00706. The molecule has 1 amide bonds. The third kappa shape index (κ3) is 6.12. The Bertz CT molecular complexity index is 1690. The molecule has 2 aromatic heterocycles. The van der Waals surface area contributed by atoms with Crippen molar-refractivity contribution in [3.05, 3.63) is 87.5 Å². The second-order valence-corrected chi connectivity index (χ2v) is 10.7. The fraction of sp³-hybridized carbons (Fsp3) is 0.323. The average Bonchev–Trinajstić information content (AvgIpc) is 2.93. The van der Waals surface area contributed by atoms with Crippen molar-refractivity contribution in [2.45, 2.75) is 39.0 Å². The normalized spacial score (nSPS) is 14.8. The Morgan fingerprint density at radius 1 is 1.00 bits per heavy atom. The van der Waals surface area contributed by atoms with Gasteiger partial charge in [-0.25, -0.2) is 0 Å². The maximum Gasteiger partial charge on any atom is 0.416 e. The monoisotopic (exact) mass is 564 g/mol. The number of amides is 1. The van der Waals surface area contributed by atoms with Crippen molar-refractivity contribution in [1.82, 2.24) is 14.5 Å². The van der Waals surface area contributed by atoms with Gasteiger partial charge in [-0.15, -0.1) is 0 Å². The summed E-state index contributed by atoms with van der Waals surface area (Å²) in [5, 5.41) is 3.48. The van der Waals surface area contributed by atoms with Gasteiger partial charge in [0.2, 0.25) is 0 Å². The van der Waals surface area contributed by atoms with E-state index in [0.29, 0.717) is 29.7 Å². The summed E-state index contributed by atoms with van der Waals surface area (Å²) in [6, 6.07) is 11.7.